The molecule has 0 aliphatic rings. The Morgan fingerprint density at radius 3 is 3.00 bits per heavy atom. The number of nitrogens with zero attached hydrogens (tertiary/aromatic N) is 4. The standard InChI is InChI=1S/C7H11N5/c8-4-2-1-3-5-12-6-10-7(9)11-12/h6H,1-3,5H2,(H2,9,11). The van der Waals surface area contributed by atoms with Crippen LogP contribution in [0.3, 0.4) is 0 Å². The molecular weight excluding hydrogens is 154 g/mol. The molecule has 0 atom stereocenters. The number of nitriles is 1. The lowest BCUT2D eigenvalue weighted by Crippen LogP contribution is -1.99. The second kappa shape index (κ2) is 4.34. The lowest BCUT2D eigenvalue weighted by molar-refractivity contribution is 0.562. The molecule has 0 fully saturated rings. The summed E-state index contributed by atoms with van der Waals surface area (Å²) in [5, 5.41) is 12.2. The average molecular weight is 165 g/mol. The van der Waals surface area contributed by atoms with Crippen molar-refractivity contribution < 1.29 is 0 Å². The van der Waals surface area contributed by atoms with Crippen molar-refractivity contribution in [3.8, 4) is 6.07 Å². The lowest BCUT2D eigenvalue weighted by atomic mass is 10.2. The molecule has 0 bridgehead atoms. The van der Waals surface area contributed by atoms with Crippen LogP contribution >= 0.6 is 0 Å². The first-order valence-electron chi connectivity index (χ1n) is 3.85. The monoisotopic (exact) mass is 165 g/mol. The van der Waals surface area contributed by atoms with E-state index in [2.05, 4.69) is 16.2 Å². The highest BCUT2D eigenvalue weighted by atomic mass is 15.3. The Morgan fingerprint density at radius 2 is 2.42 bits per heavy atom. The van der Waals surface area contributed by atoms with Crippen LogP contribution in [0.1, 0.15) is 19.3 Å². The molecule has 0 saturated heterocycles. The maximum Gasteiger partial charge on any atom is 0.239 e. The van der Waals surface area contributed by atoms with Crippen molar-refractivity contribution in [2.24, 2.45) is 0 Å². The number of hydrogen-bond donors (Lipinski definition) is 1. The van der Waals surface area contributed by atoms with Crippen LogP contribution in [-0.2, 0) is 6.54 Å². The minimum Gasteiger partial charge on any atom is -0.367 e. The summed E-state index contributed by atoms with van der Waals surface area (Å²) >= 11 is 0. The number of rotatable bonds is 4. The molecule has 2 N–H and O–H groups in total. The molecule has 0 amide bonds. The van der Waals surface area contributed by atoms with Gasteiger partial charge in [-0.15, -0.1) is 5.10 Å². The highest BCUT2D eigenvalue weighted by Gasteiger charge is 1.94. The van der Waals surface area contributed by atoms with Gasteiger partial charge < -0.3 is 5.73 Å². The second-order valence-electron chi connectivity index (χ2n) is 2.48. The summed E-state index contributed by atoms with van der Waals surface area (Å²) in [5.74, 6) is 0.301. The molecule has 64 valence electrons. The molecule has 0 aliphatic carbocycles. The topological polar surface area (TPSA) is 80.5 Å². The normalized spacial score (nSPS) is 9.58. The van der Waals surface area contributed by atoms with Crippen molar-refractivity contribution >= 4 is 5.95 Å². The largest absolute Gasteiger partial charge is 0.367 e. The number of anilines is 1. The molecule has 0 saturated carbocycles. The van der Waals surface area contributed by atoms with Crippen LogP contribution in [0.15, 0.2) is 6.33 Å². The van der Waals surface area contributed by atoms with Gasteiger partial charge in [0.2, 0.25) is 5.95 Å². The summed E-state index contributed by atoms with van der Waals surface area (Å²) in [6.45, 7) is 0.784. The van der Waals surface area contributed by atoms with Crippen LogP contribution in [0.4, 0.5) is 5.95 Å². The van der Waals surface area contributed by atoms with E-state index in [1.54, 1.807) is 11.0 Å². The van der Waals surface area contributed by atoms with Crippen molar-refractivity contribution in [3.63, 3.8) is 0 Å². The van der Waals surface area contributed by atoms with Crippen LogP contribution in [-0.4, -0.2) is 14.8 Å². The van der Waals surface area contributed by atoms with E-state index in [1.165, 1.54) is 0 Å². The van der Waals surface area contributed by atoms with Crippen LogP contribution in [0.5, 0.6) is 0 Å². The quantitative estimate of drug-likeness (QED) is 0.661. The van der Waals surface area contributed by atoms with Crippen molar-refractivity contribution in [2.45, 2.75) is 25.8 Å². The average Bonchev–Trinajstić information content (AvgIpc) is 2.45. The first kappa shape index (κ1) is 8.53. The lowest BCUT2D eigenvalue weighted by Gasteiger charge is -1.96. The van der Waals surface area contributed by atoms with Crippen molar-refractivity contribution in [1.29, 1.82) is 5.26 Å². The van der Waals surface area contributed by atoms with Gasteiger partial charge in [0.1, 0.15) is 6.33 Å². The Balaban J connectivity index is 2.21. The molecule has 5 nitrogen and oxygen atoms in total. The molecule has 1 heterocycles. The van der Waals surface area contributed by atoms with Gasteiger partial charge in [-0.05, 0) is 12.8 Å². The molecule has 1 aromatic heterocycles. The Kier molecular flexibility index (Phi) is 3.08. The Labute approximate surface area is 70.8 Å². The van der Waals surface area contributed by atoms with Crippen molar-refractivity contribution in [2.75, 3.05) is 5.73 Å². The second-order valence-corrected chi connectivity index (χ2v) is 2.48. The van der Waals surface area contributed by atoms with E-state index in [9.17, 15) is 0 Å². The maximum atomic E-state index is 8.26. The summed E-state index contributed by atoms with van der Waals surface area (Å²) in [4.78, 5) is 3.78. The van der Waals surface area contributed by atoms with E-state index < -0.39 is 0 Å². The van der Waals surface area contributed by atoms with Crippen LogP contribution in [0.2, 0.25) is 0 Å². The fourth-order valence-corrected chi connectivity index (χ4v) is 0.895. The van der Waals surface area contributed by atoms with E-state index in [-0.39, 0.29) is 0 Å². The predicted octanol–water partition coefficient (Wildman–Crippen LogP) is 0.554. The van der Waals surface area contributed by atoms with Crippen molar-refractivity contribution in [1.82, 2.24) is 14.8 Å². The predicted molar refractivity (Wildman–Crippen MR) is 43.9 cm³/mol. The molecule has 0 spiro atoms. The van der Waals surface area contributed by atoms with Gasteiger partial charge in [-0.1, -0.05) is 0 Å². The maximum absolute atomic E-state index is 8.26. The van der Waals surface area contributed by atoms with E-state index >= 15 is 0 Å². The van der Waals surface area contributed by atoms with Crippen LogP contribution in [0, 0.1) is 11.3 Å². The number of aryl methyl sites for hydroxylation is 1. The van der Waals surface area contributed by atoms with Crippen LogP contribution in [0.25, 0.3) is 0 Å². The van der Waals surface area contributed by atoms with Gasteiger partial charge in [0.15, 0.2) is 0 Å². The molecule has 1 rings (SSSR count). The number of hydrogen-bond acceptors (Lipinski definition) is 4. The van der Waals surface area contributed by atoms with Gasteiger partial charge in [-0.2, -0.15) is 5.26 Å². The first-order chi connectivity index (χ1) is 5.83. The van der Waals surface area contributed by atoms with Crippen LogP contribution < -0.4 is 5.73 Å². The molecule has 12 heavy (non-hydrogen) atoms. The van der Waals surface area contributed by atoms with Gasteiger partial charge >= 0.3 is 0 Å². The summed E-state index contributed by atoms with van der Waals surface area (Å²) in [6.07, 6.45) is 4.04. The zero-order valence-electron chi connectivity index (χ0n) is 6.77. The zero-order chi connectivity index (χ0) is 8.81. The minimum absolute atomic E-state index is 0.301. The third kappa shape index (κ3) is 2.58. The Morgan fingerprint density at radius 1 is 1.58 bits per heavy atom. The highest BCUT2D eigenvalue weighted by molar-refractivity contribution is 5.08. The Bertz CT molecular complexity index is 272. The molecule has 5 heteroatoms. The zero-order valence-corrected chi connectivity index (χ0v) is 6.77. The SMILES string of the molecule is N#CCCCCn1cnc(N)n1. The third-order valence-corrected chi connectivity index (χ3v) is 1.48. The van der Waals surface area contributed by atoms with E-state index in [4.69, 9.17) is 11.0 Å². The van der Waals surface area contributed by atoms with Crippen molar-refractivity contribution in [3.05, 3.63) is 6.33 Å². The van der Waals surface area contributed by atoms with Gasteiger partial charge in [0.05, 0.1) is 6.07 Å². The first-order valence-corrected chi connectivity index (χ1v) is 3.85. The smallest absolute Gasteiger partial charge is 0.239 e. The van der Waals surface area contributed by atoms with E-state index in [0.717, 1.165) is 19.4 Å². The molecule has 1 aromatic rings. The molecule has 0 aromatic carbocycles. The Hall–Kier alpha value is -1.57. The summed E-state index contributed by atoms with van der Waals surface area (Å²) in [6, 6.07) is 2.09. The fourth-order valence-electron chi connectivity index (χ4n) is 0.895. The summed E-state index contributed by atoms with van der Waals surface area (Å²) in [7, 11) is 0. The summed E-state index contributed by atoms with van der Waals surface area (Å²) < 4.78 is 1.69. The molecular formula is C7H11N5. The van der Waals surface area contributed by atoms with Gasteiger partial charge in [0.25, 0.3) is 0 Å². The fraction of sp³-hybridized carbons (Fsp3) is 0.571. The van der Waals surface area contributed by atoms with E-state index in [1.807, 2.05) is 0 Å². The molecule has 0 unspecified atom stereocenters. The van der Waals surface area contributed by atoms with Gasteiger partial charge in [0, 0.05) is 13.0 Å². The number of aromatic nitrogens is 3. The number of unbranched alkanes of at least 4 members (excludes halogenated alkanes) is 2. The summed E-state index contributed by atoms with van der Waals surface area (Å²) in [5.41, 5.74) is 5.31. The molecule has 0 radical (unpaired) electrons. The highest BCUT2D eigenvalue weighted by Crippen LogP contribution is 1.97. The van der Waals surface area contributed by atoms with E-state index in [0.29, 0.717) is 12.4 Å². The van der Waals surface area contributed by atoms with Gasteiger partial charge in [-0.25, -0.2) is 4.98 Å². The number of nitrogen functional groups attached to an aromatic ring is 1. The minimum atomic E-state index is 0.301. The van der Waals surface area contributed by atoms with Gasteiger partial charge in [-0.3, -0.25) is 4.68 Å². The third-order valence-electron chi connectivity index (χ3n) is 1.48. The molecule has 0 aliphatic heterocycles. The number of nitrogens with two attached hydrogens (primary N) is 1.